The third kappa shape index (κ3) is 9.43. The van der Waals surface area contributed by atoms with Crippen molar-refractivity contribution in [3.8, 4) is 11.5 Å². The summed E-state index contributed by atoms with van der Waals surface area (Å²) in [5, 5.41) is 20.4. The molecule has 33 heavy (non-hydrogen) atoms. The van der Waals surface area contributed by atoms with Crippen molar-refractivity contribution in [1.29, 1.82) is 0 Å². The van der Waals surface area contributed by atoms with E-state index in [9.17, 15) is 10.2 Å². The molecule has 0 aliphatic heterocycles. The molecule has 0 unspecified atom stereocenters. The first-order valence-corrected chi connectivity index (χ1v) is 13.6. The monoisotopic (exact) mass is 452 g/mol. The van der Waals surface area contributed by atoms with E-state index in [0.29, 0.717) is 11.5 Å². The Morgan fingerprint density at radius 1 is 0.485 bits per heavy atom. The van der Waals surface area contributed by atoms with Gasteiger partial charge in [0, 0.05) is 0 Å². The summed E-state index contributed by atoms with van der Waals surface area (Å²) in [7, 11) is 0. The standard InChI is InChI=1S/C31H48O2/c1-5-16-28-22-26(20-24(3)30(28)32)18-14-12-10-8-7-9-11-13-15-19-27-21-25(4)31(33)29(23-27)17-6-2/h20-23,32-33H,5-19H2,1-4H3. The Morgan fingerprint density at radius 3 is 1.15 bits per heavy atom. The lowest BCUT2D eigenvalue weighted by molar-refractivity contribution is 0.462. The van der Waals surface area contributed by atoms with Crippen molar-refractivity contribution < 1.29 is 10.2 Å². The molecular formula is C31H48O2. The average molecular weight is 453 g/mol. The third-order valence-corrected chi connectivity index (χ3v) is 6.85. The lowest BCUT2D eigenvalue weighted by Gasteiger charge is -2.11. The van der Waals surface area contributed by atoms with Gasteiger partial charge in [0.2, 0.25) is 0 Å². The number of benzene rings is 2. The molecule has 0 radical (unpaired) electrons. The van der Waals surface area contributed by atoms with Crippen LogP contribution in [0.2, 0.25) is 0 Å². The van der Waals surface area contributed by atoms with E-state index in [0.717, 1.165) is 60.8 Å². The summed E-state index contributed by atoms with van der Waals surface area (Å²) in [5.74, 6) is 1.00. The Bertz CT molecular complexity index is 768. The van der Waals surface area contributed by atoms with Gasteiger partial charge in [0.25, 0.3) is 0 Å². The smallest absolute Gasteiger partial charge is 0.121 e. The molecule has 0 fully saturated rings. The second kappa shape index (κ2) is 15.0. The van der Waals surface area contributed by atoms with Gasteiger partial charge in [-0.25, -0.2) is 0 Å². The van der Waals surface area contributed by atoms with E-state index >= 15 is 0 Å². The highest BCUT2D eigenvalue weighted by molar-refractivity contribution is 5.44. The van der Waals surface area contributed by atoms with E-state index in [2.05, 4.69) is 38.1 Å². The topological polar surface area (TPSA) is 40.5 Å². The van der Waals surface area contributed by atoms with E-state index in [1.807, 2.05) is 13.8 Å². The van der Waals surface area contributed by atoms with Crippen LogP contribution in [0.15, 0.2) is 24.3 Å². The molecule has 0 aliphatic rings. The predicted molar refractivity (Wildman–Crippen MR) is 143 cm³/mol. The number of hydrogen-bond acceptors (Lipinski definition) is 2. The molecule has 0 saturated carbocycles. The summed E-state index contributed by atoms with van der Waals surface area (Å²) in [6.07, 6.45) is 18.2. The van der Waals surface area contributed by atoms with Gasteiger partial charge in [-0.2, -0.15) is 0 Å². The number of rotatable bonds is 16. The molecule has 2 aromatic carbocycles. The molecule has 0 bridgehead atoms. The molecule has 0 spiro atoms. The van der Waals surface area contributed by atoms with Crippen molar-refractivity contribution in [3.05, 3.63) is 57.6 Å². The van der Waals surface area contributed by atoms with Crippen LogP contribution in [0, 0.1) is 13.8 Å². The van der Waals surface area contributed by atoms with Gasteiger partial charge < -0.3 is 10.2 Å². The molecule has 184 valence electrons. The molecule has 0 amide bonds. The van der Waals surface area contributed by atoms with Crippen LogP contribution in [-0.2, 0) is 25.7 Å². The molecule has 0 atom stereocenters. The summed E-state index contributed by atoms with van der Waals surface area (Å²) in [4.78, 5) is 0. The summed E-state index contributed by atoms with van der Waals surface area (Å²) in [6, 6.07) is 8.77. The number of phenols is 2. The molecule has 2 N–H and O–H groups in total. The molecule has 0 aliphatic carbocycles. The van der Waals surface area contributed by atoms with E-state index in [1.165, 1.54) is 68.9 Å². The molecule has 2 aromatic rings. The van der Waals surface area contributed by atoms with Crippen molar-refractivity contribution in [2.24, 2.45) is 0 Å². The van der Waals surface area contributed by atoms with Crippen LogP contribution < -0.4 is 0 Å². The molecule has 0 saturated heterocycles. The number of aryl methyl sites for hydroxylation is 6. The quantitative estimate of drug-likeness (QED) is 0.250. The van der Waals surface area contributed by atoms with Gasteiger partial charge in [0.15, 0.2) is 0 Å². The van der Waals surface area contributed by atoms with Crippen molar-refractivity contribution in [3.63, 3.8) is 0 Å². The van der Waals surface area contributed by atoms with E-state index in [1.54, 1.807) is 0 Å². The Labute approximate surface area is 203 Å². The lowest BCUT2D eigenvalue weighted by Crippen LogP contribution is -1.94. The molecule has 0 heterocycles. The number of phenolic OH excluding ortho intramolecular Hbond substituents is 2. The molecule has 0 aromatic heterocycles. The second-order valence-corrected chi connectivity index (χ2v) is 10.0. The van der Waals surface area contributed by atoms with E-state index in [-0.39, 0.29) is 0 Å². The van der Waals surface area contributed by atoms with E-state index < -0.39 is 0 Å². The van der Waals surface area contributed by atoms with Gasteiger partial charge in [-0.3, -0.25) is 0 Å². The fraction of sp³-hybridized carbons (Fsp3) is 0.613. The highest BCUT2D eigenvalue weighted by Crippen LogP contribution is 2.27. The maximum absolute atomic E-state index is 10.2. The van der Waals surface area contributed by atoms with Crippen molar-refractivity contribution in [1.82, 2.24) is 0 Å². The lowest BCUT2D eigenvalue weighted by atomic mass is 9.97. The summed E-state index contributed by atoms with van der Waals surface area (Å²) in [6.45, 7) is 8.38. The first kappa shape index (κ1) is 27.3. The average Bonchev–Trinajstić information content (AvgIpc) is 2.79. The summed E-state index contributed by atoms with van der Waals surface area (Å²) in [5.41, 5.74) is 7.07. The Balaban J connectivity index is 1.53. The molecule has 2 heteroatoms. The zero-order chi connectivity index (χ0) is 24.1. The highest BCUT2D eigenvalue weighted by Gasteiger charge is 2.08. The van der Waals surface area contributed by atoms with Crippen LogP contribution >= 0.6 is 0 Å². The van der Waals surface area contributed by atoms with Crippen LogP contribution in [0.5, 0.6) is 11.5 Å². The fourth-order valence-corrected chi connectivity index (χ4v) is 4.97. The van der Waals surface area contributed by atoms with Gasteiger partial charge in [-0.15, -0.1) is 0 Å². The third-order valence-electron chi connectivity index (χ3n) is 6.85. The minimum absolute atomic E-state index is 0.500. The van der Waals surface area contributed by atoms with Crippen molar-refractivity contribution in [2.75, 3.05) is 0 Å². The first-order valence-electron chi connectivity index (χ1n) is 13.6. The van der Waals surface area contributed by atoms with Crippen LogP contribution in [0.4, 0.5) is 0 Å². The highest BCUT2D eigenvalue weighted by atomic mass is 16.3. The summed E-state index contributed by atoms with van der Waals surface area (Å²) < 4.78 is 0. The minimum atomic E-state index is 0.500. The number of hydrogen-bond donors (Lipinski definition) is 2. The van der Waals surface area contributed by atoms with Crippen LogP contribution in [0.3, 0.4) is 0 Å². The van der Waals surface area contributed by atoms with Gasteiger partial charge in [0.05, 0.1) is 0 Å². The Morgan fingerprint density at radius 2 is 0.818 bits per heavy atom. The maximum atomic E-state index is 10.2. The van der Waals surface area contributed by atoms with Crippen LogP contribution in [0.1, 0.15) is 118 Å². The van der Waals surface area contributed by atoms with Gasteiger partial charge in [-0.05, 0) is 85.8 Å². The first-order chi connectivity index (χ1) is 16.0. The van der Waals surface area contributed by atoms with Gasteiger partial charge in [0.1, 0.15) is 11.5 Å². The number of aromatic hydroxyl groups is 2. The second-order valence-electron chi connectivity index (χ2n) is 10.0. The van der Waals surface area contributed by atoms with Crippen LogP contribution in [0.25, 0.3) is 0 Å². The van der Waals surface area contributed by atoms with Crippen molar-refractivity contribution in [2.45, 2.75) is 124 Å². The largest absolute Gasteiger partial charge is 0.507 e. The zero-order valence-corrected chi connectivity index (χ0v) is 21.8. The van der Waals surface area contributed by atoms with Crippen LogP contribution in [-0.4, -0.2) is 10.2 Å². The van der Waals surface area contributed by atoms with E-state index in [4.69, 9.17) is 0 Å². The Kier molecular flexibility index (Phi) is 12.4. The van der Waals surface area contributed by atoms with Gasteiger partial charge >= 0.3 is 0 Å². The fourth-order valence-electron chi connectivity index (χ4n) is 4.97. The number of unbranched alkanes of at least 4 members (excludes halogenated alkanes) is 8. The zero-order valence-electron chi connectivity index (χ0n) is 21.8. The normalized spacial score (nSPS) is 11.3. The molecular weight excluding hydrogens is 404 g/mol. The van der Waals surface area contributed by atoms with Crippen molar-refractivity contribution >= 4 is 0 Å². The predicted octanol–water partition coefficient (Wildman–Crippen LogP) is 8.92. The Hall–Kier alpha value is -1.96. The van der Waals surface area contributed by atoms with Gasteiger partial charge in [-0.1, -0.05) is 95.9 Å². The summed E-state index contributed by atoms with van der Waals surface area (Å²) >= 11 is 0. The molecule has 2 rings (SSSR count). The SMILES string of the molecule is CCCc1cc(CCCCCCCCCCCc2cc(C)c(O)c(CCC)c2)cc(C)c1O. The minimum Gasteiger partial charge on any atom is -0.507 e. The molecule has 2 nitrogen and oxygen atoms in total. The maximum Gasteiger partial charge on any atom is 0.121 e.